The zero-order valence-corrected chi connectivity index (χ0v) is 12.1. The van der Waals surface area contributed by atoms with Gasteiger partial charge in [-0.1, -0.05) is 0 Å². The number of rotatable bonds is 3. The van der Waals surface area contributed by atoms with E-state index in [1.54, 1.807) is 0 Å². The fraction of sp³-hybridized carbons (Fsp3) is 0.467. The summed E-state index contributed by atoms with van der Waals surface area (Å²) in [5, 5.41) is 9.41. The minimum atomic E-state index is -1.24. The number of hydrogen-bond acceptors (Lipinski definition) is 3. The van der Waals surface area contributed by atoms with Gasteiger partial charge in [0.2, 0.25) is 0 Å². The first-order chi connectivity index (χ1) is 9.90. The third kappa shape index (κ3) is 2.70. The zero-order valence-electron chi connectivity index (χ0n) is 12.1. The first-order valence-electron chi connectivity index (χ1n) is 6.79. The zero-order chi connectivity index (χ0) is 15.6. The van der Waals surface area contributed by atoms with Crippen LogP contribution in [0.5, 0.6) is 5.75 Å². The van der Waals surface area contributed by atoms with Crippen LogP contribution >= 0.6 is 0 Å². The van der Waals surface area contributed by atoms with Crippen LogP contribution in [0.15, 0.2) is 18.2 Å². The highest BCUT2D eigenvalue weighted by Gasteiger charge is 2.44. The predicted octanol–water partition coefficient (Wildman–Crippen LogP) is 2.30. The van der Waals surface area contributed by atoms with Crippen molar-refractivity contribution in [3.63, 3.8) is 0 Å². The van der Waals surface area contributed by atoms with E-state index in [1.807, 2.05) is 0 Å². The highest BCUT2D eigenvalue weighted by atomic mass is 19.1. The molecule has 1 saturated heterocycles. The van der Waals surface area contributed by atoms with Crippen LogP contribution in [0, 0.1) is 5.82 Å². The van der Waals surface area contributed by atoms with Gasteiger partial charge < -0.3 is 14.7 Å². The van der Waals surface area contributed by atoms with E-state index in [9.17, 15) is 19.1 Å². The summed E-state index contributed by atoms with van der Waals surface area (Å²) in [5.74, 6) is -2.10. The minimum Gasteiger partial charge on any atom is -0.494 e. The van der Waals surface area contributed by atoms with Crippen molar-refractivity contribution >= 4 is 11.9 Å². The average Bonchev–Trinajstić information content (AvgIpc) is 2.46. The number of halogens is 1. The van der Waals surface area contributed by atoms with Crippen molar-refractivity contribution < 1.29 is 23.8 Å². The molecule has 0 bridgehead atoms. The molecule has 1 aromatic rings. The Morgan fingerprint density at radius 2 is 2.10 bits per heavy atom. The molecule has 1 aliphatic rings. The third-order valence-corrected chi connectivity index (χ3v) is 4.00. The minimum absolute atomic E-state index is 0.0474. The lowest BCUT2D eigenvalue weighted by atomic mass is 9.88. The van der Waals surface area contributed by atoms with Gasteiger partial charge in [0.05, 0.1) is 7.11 Å². The molecule has 1 unspecified atom stereocenters. The first kappa shape index (κ1) is 15.3. The Kier molecular flexibility index (Phi) is 4.16. The standard InChI is InChI=1S/C15H18FNO4/c1-15(14(19)20)7-3-4-8-17(15)13(18)10-5-6-12(21-2)11(16)9-10/h5-6,9H,3-4,7-8H2,1-2H3,(H,19,20). The Morgan fingerprint density at radius 1 is 1.38 bits per heavy atom. The van der Waals surface area contributed by atoms with E-state index in [4.69, 9.17) is 4.74 Å². The van der Waals surface area contributed by atoms with E-state index in [0.717, 1.165) is 18.9 Å². The molecule has 1 atom stereocenters. The molecule has 0 spiro atoms. The van der Waals surface area contributed by atoms with Gasteiger partial charge in [-0.15, -0.1) is 0 Å². The Hall–Kier alpha value is -2.11. The van der Waals surface area contributed by atoms with Crippen molar-refractivity contribution in [3.8, 4) is 5.75 Å². The second-order valence-corrected chi connectivity index (χ2v) is 5.34. The van der Waals surface area contributed by atoms with Crippen molar-refractivity contribution in [1.82, 2.24) is 4.90 Å². The van der Waals surface area contributed by atoms with Gasteiger partial charge in [-0.3, -0.25) is 4.79 Å². The lowest BCUT2D eigenvalue weighted by Gasteiger charge is -2.41. The summed E-state index contributed by atoms with van der Waals surface area (Å²) in [6.45, 7) is 1.89. The van der Waals surface area contributed by atoms with Crippen LogP contribution in [0.3, 0.4) is 0 Å². The topological polar surface area (TPSA) is 66.8 Å². The summed E-state index contributed by atoms with van der Waals surface area (Å²) in [6, 6.07) is 3.89. The van der Waals surface area contributed by atoms with Gasteiger partial charge in [-0.25, -0.2) is 9.18 Å². The molecule has 21 heavy (non-hydrogen) atoms. The Morgan fingerprint density at radius 3 is 2.67 bits per heavy atom. The Balaban J connectivity index is 2.33. The molecule has 1 heterocycles. The molecule has 1 aliphatic heterocycles. The van der Waals surface area contributed by atoms with E-state index in [1.165, 1.54) is 31.1 Å². The number of ether oxygens (including phenoxy) is 1. The van der Waals surface area contributed by atoms with Gasteiger partial charge in [-0.2, -0.15) is 0 Å². The number of amides is 1. The van der Waals surface area contributed by atoms with Crippen LogP contribution < -0.4 is 4.74 Å². The number of aliphatic carboxylic acids is 1. The van der Waals surface area contributed by atoms with Crippen LogP contribution in [0.4, 0.5) is 4.39 Å². The number of carbonyl (C=O) groups excluding carboxylic acids is 1. The number of piperidine rings is 1. The number of methoxy groups -OCH3 is 1. The van der Waals surface area contributed by atoms with Crippen molar-refractivity contribution in [1.29, 1.82) is 0 Å². The maximum absolute atomic E-state index is 13.7. The van der Waals surface area contributed by atoms with Gasteiger partial charge in [0, 0.05) is 12.1 Å². The molecule has 0 aliphatic carbocycles. The molecule has 5 nitrogen and oxygen atoms in total. The van der Waals surface area contributed by atoms with Gasteiger partial charge in [-0.05, 0) is 44.4 Å². The largest absolute Gasteiger partial charge is 0.494 e. The van der Waals surface area contributed by atoms with E-state index in [0.29, 0.717) is 13.0 Å². The Bertz CT molecular complexity index is 575. The molecule has 1 amide bonds. The number of nitrogens with zero attached hydrogens (tertiary/aromatic N) is 1. The number of hydrogen-bond donors (Lipinski definition) is 1. The second kappa shape index (κ2) is 5.71. The van der Waals surface area contributed by atoms with Gasteiger partial charge in [0.25, 0.3) is 5.91 Å². The van der Waals surface area contributed by atoms with Crippen LogP contribution in [0.25, 0.3) is 0 Å². The van der Waals surface area contributed by atoms with E-state index in [-0.39, 0.29) is 11.3 Å². The van der Waals surface area contributed by atoms with Crippen LogP contribution in [-0.4, -0.2) is 41.1 Å². The predicted molar refractivity (Wildman–Crippen MR) is 73.9 cm³/mol. The summed E-state index contributed by atoms with van der Waals surface area (Å²) in [5.41, 5.74) is -1.12. The lowest BCUT2D eigenvalue weighted by molar-refractivity contribution is -0.150. The van der Waals surface area contributed by atoms with Crippen molar-refractivity contribution in [2.75, 3.05) is 13.7 Å². The molecule has 1 aromatic carbocycles. The lowest BCUT2D eigenvalue weighted by Crippen LogP contribution is -2.57. The summed E-state index contributed by atoms with van der Waals surface area (Å²) >= 11 is 0. The smallest absolute Gasteiger partial charge is 0.329 e. The Labute approximate surface area is 122 Å². The molecule has 1 fully saturated rings. The molecule has 0 aromatic heterocycles. The highest BCUT2D eigenvalue weighted by Crippen LogP contribution is 2.30. The third-order valence-electron chi connectivity index (χ3n) is 4.00. The molecule has 0 saturated carbocycles. The van der Waals surface area contributed by atoms with E-state index < -0.39 is 23.2 Å². The highest BCUT2D eigenvalue weighted by molar-refractivity contribution is 5.98. The van der Waals surface area contributed by atoms with Gasteiger partial charge >= 0.3 is 5.97 Å². The monoisotopic (exact) mass is 295 g/mol. The number of carboxylic acids is 1. The van der Waals surface area contributed by atoms with Crippen LogP contribution in [0.2, 0.25) is 0 Å². The summed E-state index contributed by atoms with van der Waals surface area (Å²) < 4.78 is 18.5. The van der Waals surface area contributed by atoms with E-state index >= 15 is 0 Å². The van der Waals surface area contributed by atoms with Gasteiger partial charge in [0.15, 0.2) is 11.6 Å². The first-order valence-corrected chi connectivity index (χ1v) is 6.79. The molecule has 0 radical (unpaired) electrons. The van der Waals surface area contributed by atoms with Gasteiger partial charge in [0.1, 0.15) is 5.54 Å². The average molecular weight is 295 g/mol. The second-order valence-electron chi connectivity index (χ2n) is 5.34. The molecule has 6 heteroatoms. The van der Waals surface area contributed by atoms with Crippen LogP contribution in [0.1, 0.15) is 36.5 Å². The molecular formula is C15H18FNO4. The molecule has 114 valence electrons. The SMILES string of the molecule is COc1ccc(C(=O)N2CCCCC2(C)C(=O)O)cc1F. The fourth-order valence-corrected chi connectivity index (χ4v) is 2.62. The van der Waals surface area contributed by atoms with Crippen molar-refractivity contribution in [2.24, 2.45) is 0 Å². The maximum atomic E-state index is 13.7. The number of benzene rings is 1. The van der Waals surface area contributed by atoms with Crippen molar-refractivity contribution in [2.45, 2.75) is 31.7 Å². The number of carbonyl (C=O) groups is 2. The number of carboxylic acid groups (broad SMARTS) is 1. The molecule has 2 rings (SSSR count). The van der Waals surface area contributed by atoms with Crippen LogP contribution in [-0.2, 0) is 4.79 Å². The quantitative estimate of drug-likeness (QED) is 0.929. The summed E-state index contributed by atoms with van der Waals surface area (Å²) in [4.78, 5) is 25.3. The maximum Gasteiger partial charge on any atom is 0.329 e. The number of likely N-dealkylation sites (tertiary alicyclic amines) is 1. The molecular weight excluding hydrogens is 277 g/mol. The summed E-state index contributed by atoms with van der Waals surface area (Å²) in [6.07, 6.45) is 1.89. The van der Waals surface area contributed by atoms with E-state index in [2.05, 4.69) is 0 Å². The molecule has 1 N–H and O–H groups in total. The summed E-state index contributed by atoms with van der Waals surface area (Å²) in [7, 11) is 1.34. The van der Waals surface area contributed by atoms with Crippen molar-refractivity contribution in [3.05, 3.63) is 29.6 Å². The normalized spacial score (nSPS) is 22.0. The fourth-order valence-electron chi connectivity index (χ4n) is 2.62.